The number of carbonyl (C=O) groups excluding carboxylic acids is 1. The third-order valence-corrected chi connectivity index (χ3v) is 4.08. The number of rotatable bonds is 5. The number of aliphatic imine (C=N–C) groups is 1. The average Bonchev–Trinajstić information content (AvgIpc) is 2.78. The molecule has 0 amide bonds. The second-order valence-corrected chi connectivity index (χ2v) is 6.21. The number of Topliss-reactive ketones (excluding diaryl/α,β-unsaturated/α-hetero) is 1. The quantitative estimate of drug-likeness (QED) is 0.524. The molecule has 1 aromatic carbocycles. The zero-order chi connectivity index (χ0) is 20.4. The Morgan fingerprint density at radius 2 is 1.89 bits per heavy atom. The lowest BCUT2D eigenvalue weighted by molar-refractivity contribution is -0.115. The van der Waals surface area contributed by atoms with Gasteiger partial charge in [-0.2, -0.15) is 0 Å². The number of hydrogen-bond acceptors (Lipinski definition) is 4. The summed E-state index contributed by atoms with van der Waals surface area (Å²) in [6.07, 6.45) is 5.31. The van der Waals surface area contributed by atoms with E-state index >= 15 is 0 Å². The Labute approximate surface area is 162 Å². The number of ketones is 1. The van der Waals surface area contributed by atoms with Crippen LogP contribution in [0.15, 0.2) is 77.4 Å². The van der Waals surface area contributed by atoms with Gasteiger partial charge in [-0.05, 0) is 63.1 Å². The minimum absolute atomic E-state index is 0.0975. The summed E-state index contributed by atoms with van der Waals surface area (Å²) in [6.45, 7) is 13.7. The number of nitrogens with zero attached hydrogens (tertiary/aromatic N) is 1. The van der Waals surface area contributed by atoms with Gasteiger partial charge in [-0.1, -0.05) is 12.5 Å². The molecular weight excluding hydrogens is 338 g/mol. The predicted molar refractivity (Wildman–Crippen MR) is 112 cm³/mol. The van der Waals surface area contributed by atoms with Crippen molar-refractivity contribution in [3.05, 3.63) is 77.9 Å². The lowest BCUT2D eigenvalue weighted by Crippen LogP contribution is -2.04. The number of aromatic hydroxyl groups is 1. The highest BCUT2D eigenvalue weighted by Crippen LogP contribution is 2.24. The van der Waals surface area contributed by atoms with Crippen LogP contribution < -0.4 is 0 Å². The molecule has 0 spiro atoms. The molecule has 1 aliphatic heterocycles. The van der Waals surface area contributed by atoms with Crippen molar-refractivity contribution < 1.29 is 14.6 Å². The SMILES string of the molecule is C=C.CCC(=N/C=C(\C)CC1=C(C)OC(C)=CCC1=O)c1ccc(O)cc1. The van der Waals surface area contributed by atoms with Crippen molar-refractivity contribution in [1.82, 2.24) is 0 Å². The van der Waals surface area contributed by atoms with Crippen molar-refractivity contribution >= 4 is 11.5 Å². The van der Waals surface area contributed by atoms with Gasteiger partial charge in [-0.25, -0.2) is 0 Å². The van der Waals surface area contributed by atoms with Gasteiger partial charge in [0, 0.05) is 30.3 Å². The highest BCUT2D eigenvalue weighted by molar-refractivity contribution is 6.01. The molecule has 0 atom stereocenters. The number of phenols is 1. The van der Waals surface area contributed by atoms with Crippen molar-refractivity contribution in [2.75, 3.05) is 0 Å². The number of phenolic OH excluding ortho intramolecular Hbond substituents is 1. The van der Waals surface area contributed by atoms with Crippen molar-refractivity contribution in [3.63, 3.8) is 0 Å². The Balaban J connectivity index is 0.00000176. The van der Waals surface area contributed by atoms with Crippen LogP contribution >= 0.6 is 0 Å². The first kappa shape index (κ1) is 22.2. The molecular formula is C23H29NO3. The minimum atomic E-state index is 0.0975. The first-order chi connectivity index (χ1) is 12.9. The van der Waals surface area contributed by atoms with Crippen LogP contribution in [0.1, 0.15) is 52.5 Å². The van der Waals surface area contributed by atoms with Gasteiger partial charge in [0.05, 0.1) is 5.76 Å². The van der Waals surface area contributed by atoms with Crippen LogP contribution in [0.25, 0.3) is 0 Å². The highest BCUT2D eigenvalue weighted by atomic mass is 16.5. The molecule has 4 heteroatoms. The fourth-order valence-corrected chi connectivity index (χ4v) is 2.66. The molecule has 0 aromatic heterocycles. The number of carbonyl (C=O) groups is 1. The molecule has 4 nitrogen and oxygen atoms in total. The van der Waals surface area contributed by atoms with Crippen LogP contribution in [0.3, 0.4) is 0 Å². The van der Waals surface area contributed by atoms with E-state index in [1.807, 2.05) is 52.1 Å². The van der Waals surface area contributed by atoms with Crippen molar-refractivity contribution in [3.8, 4) is 5.75 Å². The summed E-state index contributed by atoms with van der Waals surface area (Å²) in [7, 11) is 0. The van der Waals surface area contributed by atoms with Gasteiger partial charge < -0.3 is 9.84 Å². The molecule has 0 saturated carbocycles. The molecule has 0 saturated heterocycles. The molecule has 144 valence electrons. The largest absolute Gasteiger partial charge is 0.508 e. The molecule has 2 rings (SSSR count). The van der Waals surface area contributed by atoms with Crippen molar-refractivity contribution in [2.45, 2.75) is 47.0 Å². The summed E-state index contributed by atoms with van der Waals surface area (Å²) >= 11 is 0. The molecule has 0 radical (unpaired) electrons. The first-order valence-corrected chi connectivity index (χ1v) is 9.00. The minimum Gasteiger partial charge on any atom is -0.508 e. The maximum absolute atomic E-state index is 12.3. The first-order valence-electron chi connectivity index (χ1n) is 9.00. The normalized spacial score (nSPS) is 15.4. The van der Waals surface area contributed by atoms with Crippen LogP contribution in [-0.4, -0.2) is 16.6 Å². The number of hydrogen-bond donors (Lipinski definition) is 1. The molecule has 27 heavy (non-hydrogen) atoms. The molecule has 1 aromatic rings. The Bertz CT molecular complexity index is 780. The van der Waals surface area contributed by atoms with Crippen LogP contribution in [-0.2, 0) is 9.53 Å². The Morgan fingerprint density at radius 1 is 1.26 bits per heavy atom. The van der Waals surface area contributed by atoms with Crippen molar-refractivity contribution in [2.24, 2.45) is 4.99 Å². The standard InChI is InChI=1S/C21H25NO3.C2H4/c1-5-20(17-7-9-18(23)10-8-17)22-13-14(2)12-19-16(4)25-15(3)6-11-21(19)24;1-2/h6-10,13,23H,5,11-12H2,1-4H3;1-2H2/b14-13+,22-20?;. The fourth-order valence-electron chi connectivity index (χ4n) is 2.66. The monoisotopic (exact) mass is 367 g/mol. The highest BCUT2D eigenvalue weighted by Gasteiger charge is 2.17. The Morgan fingerprint density at radius 3 is 2.48 bits per heavy atom. The van der Waals surface area contributed by atoms with Gasteiger partial charge in [0.15, 0.2) is 5.78 Å². The van der Waals surface area contributed by atoms with E-state index in [1.54, 1.807) is 12.1 Å². The summed E-state index contributed by atoms with van der Waals surface area (Å²) < 4.78 is 5.66. The molecule has 1 heterocycles. The zero-order valence-corrected chi connectivity index (χ0v) is 16.7. The van der Waals surface area contributed by atoms with E-state index in [0.29, 0.717) is 24.2 Å². The maximum Gasteiger partial charge on any atom is 0.166 e. The van der Waals surface area contributed by atoms with Gasteiger partial charge in [0.1, 0.15) is 11.5 Å². The van der Waals surface area contributed by atoms with Crippen molar-refractivity contribution in [1.29, 1.82) is 0 Å². The summed E-state index contributed by atoms with van der Waals surface area (Å²) in [5.74, 6) is 1.77. The lowest BCUT2D eigenvalue weighted by Gasteiger charge is -2.09. The van der Waals surface area contributed by atoms with E-state index in [9.17, 15) is 9.90 Å². The number of allylic oxidation sites excluding steroid dienone is 5. The van der Waals surface area contributed by atoms with Crippen LogP contribution in [0.5, 0.6) is 5.75 Å². The average molecular weight is 367 g/mol. The Hall–Kier alpha value is -2.88. The van der Waals surface area contributed by atoms with Gasteiger partial charge in [0.25, 0.3) is 0 Å². The molecule has 0 unspecified atom stereocenters. The fraction of sp³-hybridized carbons (Fsp3) is 0.304. The summed E-state index contributed by atoms with van der Waals surface area (Å²) in [4.78, 5) is 16.9. The van der Waals surface area contributed by atoms with E-state index in [0.717, 1.165) is 29.0 Å². The topological polar surface area (TPSA) is 58.9 Å². The van der Waals surface area contributed by atoms with E-state index in [2.05, 4.69) is 18.2 Å². The smallest absolute Gasteiger partial charge is 0.166 e. The number of ether oxygens (including phenoxy) is 1. The van der Waals surface area contributed by atoms with Gasteiger partial charge in [-0.15, -0.1) is 13.2 Å². The lowest BCUT2D eigenvalue weighted by atomic mass is 10.0. The summed E-state index contributed by atoms with van der Waals surface area (Å²) in [6, 6.07) is 7.01. The second-order valence-electron chi connectivity index (χ2n) is 6.21. The summed E-state index contributed by atoms with van der Waals surface area (Å²) in [5.41, 5.74) is 3.62. The molecule has 1 N–H and O–H groups in total. The van der Waals surface area contributed by atoms with Crippen LogP contribution in [0.2, 0.25) is 0 Å². The molecule has 1 aliphatic rings. The molecule has 0 aliphatic carbocycles. The van der Waals surface area contributed by atoms with E-state index in [4.69, 9.17) is 4.74 Å². The van der Waals surface area contributed by atoms with E-state index < -0.39 is 0 Å². The van der Waals surface area contributed by atoms with Crippen LogP contribution in [0, 0.1) is 0 Å². The van der Waals surface area contributed by atoms with E-state index in [1.165, 1.54) is 0 Å². The third kappa shape index (κ3) is 6.74. The number of benzene rings is 1. The molecule has 0 fully saturated rings. The van der Waals surface area contributed by atoms with Gasteiger partial charge >= 0.3 is 0 Å². The summed E-state index contributed by atoms with van der Waals surface area (Å²) in [5, 5.41) is 9.40. The molecule has 0 bridgehead atoms. The third-order valence-electron chi connectivity index (χ3n) is 4.08. The zero-order valence-electron chi connectivity index (χ0n) is 16.7. The van der Waals surface area contributed by atoms with Gasteiger partial charge in [-0.3, -0.25) is 9.79 Å². The van der Waals surface area contributed by atoms with Crippen LogP contribution in [0.4, 0.5) is 0 Å². The van der Waals surface area contributed by atoms with E-state index in [-0.39, 0.29) is 11.5 Å². The second kappa shape index (κ2) is 11.0. The van der Waals surface area contributed by atoms with Gasteiger partial charge in [0.2, 0.25) is 0 Å². The Kier molecular flexibility index (Phi) is 9.00. The maximum atomic E-state index is 12.3. The predicted octanol–water partition coefficient (Wildman–Crippen LogP) is 5.85.